The average Bonchev–Trinajstić information content (AvgIpc) is 3.11. The van der Waals surface area contributed by atoms with Crippen LogP contribution in [0.25, 0.3) is 0 Å². The number of anilines is 1. The van der Waals surface area contributed by atoms with Crippen molar-refractivity contribution in [2.45, 2.75) is 19.8 Å². The van der Waals surface area contributed by atoms with E-state index in [0.717, 1.165) is 35.0 Å². The van der Waals surface area contributed by atoms with Crippen molar-refractivity contribution in [1.82, 2.24) is 4.98 Å². The Hall–Kier alpha value is -2.13. The van der Waals surface area contributed by atoms with Crippen molar-refractivity contribution < 1.29 is 4.74 Å². The fraction of sp³-hybridized carbons (Fsp3) is 0.200. The van der Waals surface area contributed by atoms with Gasteiger partial charge < -0.3 is 15.8 Å². The molecule has 0 aliphatic heterocycles. The molecular formula is C20H23IN4OS. The van der Waals surface area contributed by atoms with Crippen LogP contribution < -0.4 is 15.8 Å². The van der Waals surface area contributed by atoms with Crippen LogP contribution in [-0.2, 0) is 12.8 Å². The number of aliphatic imine (C=N–C) groups is 1. The van der Waals surface area contributed by atoms with Crippen LogP contribution in [0.15, 0.2) is 65.8 Å². The first-order valence-electron chi connectivity index (χ1n) is 8.56. The van der Waals surface area contributed by atoms with Gasteiger partial charge in [0.25, 0.3) is 0 Å². The third kappa shape index (κ3) is 6.84. The van der Waals surface area contributed by atoms with Crippen molar-refractivity contribution in [1.29, 1.82) is 0 Å². The van der Waals surface area contributed by atoms with E-state index >= 15 is 0 Å². The van der Waals surface area contributed by atoms with Crippen molar-refractivity contribution in [2.75, 3.05) is 11.9 Å². The second-order valence-electron chi connectivity index (χ2n) is 5.66. The minimum atomic E-state index is 0. The SMILES string of the molecule is CCc1cnc(CCN=C(N)Nc2cccc(Oc3ccccc3)c2)s1.I. The van der Waals surface area contributed by atoms with Crippen molar-refractivity contribution in [2.24, 2.45) is 10.7 Å². The van der Waals surface area contributed by atoms with E-state index in [-0.39, 0.29) is 24.0 Å². The van der Waals surface area contributed by atoms with Crippen LogP contribution >= 0.6 is 35.3 Å². The Kier molecular flexibility index (Phi) is 8.53. The molecule has 1 heterocycles. The molecule has 2 aromatic carbocycles. The molecule has 0 saturated carbocycles. The number of halogens is 1. The highest BCUT2D eigenvalue weighted by Gasteiger charge is 2.02. The Labute approximate surface area is 180 Å². The van der Waals surface area contributed by atoms with E-state index in [1.807, 2.05) is 60.8 Å². The summed E-state index contributed by atoms with van der Waals surface area (Å²) in [5.41, 5.74) is 6.82. The Morgan fingerprint density at radius 2 is 1.93 bits per heavy atom. The van der Waals surface area contributed by atoms with Gasteiger partial charge in [-0.3, -0.25) is 4.99 Å². The molecule has 3 N–H and O–H groups in total. The number of guanidine groups is 1. The van der Waals surface area contributed by atoms with E-state index < -0.39 is 0 Å². The first-order chi connectivity index (χ1) is 12.7. The zero-order valence-electron chi connectivity index (χ0n) is 15.1. The number of benzene rings is 2. The summed E-state index contributed by atoms with van der Waals surface area (Å²) in [6.45, 7) is 2.74. The molecule has 5 nitrogen and oxygen atoms in total. The highest BCUT2D eigenvalue weighted by molar-refractivity contribution is 14.0. The third-order valence-corrected chi connectivity index (χ3v) is 4.84. The van der Waals surface area contributed by atoms with Gasteiger partial charge in [-0.05, 0) is 30.7 Å². The van der Waals surface area contributed by atoms with E-state index in [4.69, 9.17) is 10.5 Å². The maximum absolute atomic E-state index is 5.98. The lowest BCUT2D eigenvalue weighted by Gasteiger charge is -2.09. The van der Waals surface area contributed by atoms with Gasteiger partial charge in [0.15, 0.2) is 5.96 Å². The highest BCUT2D eigenvalue weighted by atomic mass is 127. The second-order valence-corrected chi connectivity index (χ2v) is 6.86. The van der Waals surface area contributed by atoms with E-state index in [1.165, 1.54) is 4.88 Å². The molecule has 0 amide bonds. The lowest BCUT2D eigenvalue weighted by molar-refractivity contribution is 0.483. The Morgan fingerprint density at radius 1 is 1.15 bits per heavy atom. The molecule has 1 aromatic heterocycles. The number of nitrogens with two attached hydrogens (primary N) is 1. The number of aromatic nitrogens is 1. The predicted octanol–water partition coefficient (Wildman–Crippen LogP) is 5.09. The largest absolute Gasteiger partial charge is 0.457 e. The molecule has 0 saturated heterocycles. The summed E-state index contributed by atoms with van der Waals surface area (Å²) in [6.07, 6.45) is 3.75. The minimum Gasteiger partial charge on any atom is -0.457 e. The molecule has 7 heteroatoms. The van der Waals surface area contributed by atoms with Crippen LogP contribution in [0.3, 0.4) is 0 Å². The van der Waals surface area contributed by atoms with Crippen LogP contribution in [-0.4, -0.2) is 17.5 Å². The summed E-state index contributed by atoms with van der Waals surface area (Å²) in [4.78, 5) is 10.1. The number of para-hydroxylation sites is 1. The topological polar surface area (TPSA) is 72.5 Å². The molecule has 0 aliphatic rings. The van der Waals surface area contributed by atoms with E-state index in [0.29, 0.717) is 12.5 Å². The minimum absolute atomic E-state index is 0. The number of nitrogens with zero attached hydrogens (tertiary/aromatic N) is 2. The van der Waals surface area contributed by atoms with Crippen molar-refractivity contribution in [3.05, 3.63) is 70.7 Å². The molecule has 0 unspecified atom stereocenters. The van der Waals surface area contributed by atoms with Crippen molar-refractivity contribution >= 4 is 47.0 Å². The number of aryl methyl sites for hydroxylation is 1. The van der Waals surface area contributed by atoms with Crippen LogP contribution in [0.5, 0.6) is 11.5 Å². The molecule has 3 aromatic rings. The fourth-order valence-corrected chi connectivity index (χ4v) is 3.20. The number of nitrogens with one attached hydrogen (secondary N) is 1. The molecule has 142 valence electrons. The normalized spacial score (nSPS) is 10.9. The Bertz CT molecular complexity index is 867. The number of rotatable bonds is 7. The summed E-state index contributed by atoms with van der Waals surface area (Å²) >= 11 is 1.73. The van der Waals surface area contributed by atoms with E-state index in [2.05, 4.69) is 22.2 Å². The molecular weight excluding hydrogens is 471 g/mol. The van der Waals surface area contributed by atoms with Crippen LogP contribution in [0.4, 0.5) is 5.69 Å². The monoisotopic (exact) mass is 494 g/mol. The molecule has 3 rings (SSSR count). The zero-order valence-corrected chi connectivity index (χ0v) is 18.2. The van der Waals surface area contributed by atoms with Gasteiger partial charge in [0, 0.05) is 35.8 Å². The van der Waals surface area contributed by atoms with Crippen LogP contribution in [0.1, 0.15) is 16.8 Å². The Balaban J connectivity index is 0.00000261. The molecule has 27 heavy (non-hydrogen) atoms. The highest BCUT2D eigenvalue weighted by Crippen LogP contribution is 2.23. The predicted molar refractivity (Wildman–Crippen MR) is 124 cm³/mol. The summed E-state index contributed by atoms with van der Waals surface area (Å²) in [7, 11) is 0. The molecule has 0 aliphatic carbocycles. The molecule has 0 bridgehead atoms. The summed E-state index contributed by atoms with van der Waals surface area (Å²) in [5.74, 6) is 1.92. The number of thiazole rings is 1. The third-order valence-electron chi connectivity index (χ3n) is 3.64. The van der Waals surface area contributed by atoms with Crippen LogP contribution in [0.2, 0.25) is 0 Å². The Morgan fingerprint density at radius 3 is 2.67 bits per heavy atom. The number of hydrogen-bond acceptors (Lipinski definition) is 4. The van der Waals surface area contributed by atoms with Gasteiger partial charge in [-0.2, -0.15) is 0 Å². The van der Waals surface area contributed by atoms with Gasteiger partial charge in [0.05, 0.1) is 5.01 Å². The summed E-state index contributed by atoms with van der Waals surface area (Å²) in [6, 6.07) is 17.3. The number of ether oxygens (including phenoxy) is 1. The quantitative estimate of drug-likeness (QED) is 0.273. The van der Waals surface area contributed by atoms with E-state index in [9.17, 15) is 0 Å². The zero-order chi connectivity index (χ0) is 18.2. The van der Waals surface area contributed by atoms with Gasteiger partial charge in [0.1, 0.15) is 11.5 Å². The maximum Gasteiger partial charge on any atom is 0.193 e. The van der Waals surface area contributed by atoms with Gasteiger partial charge in [-0.1, -0.05) is 31.2 Å². The second kappa shape index (κ2) is 10.9. The molecule has 0 radical (unpaired) electrons. The fourth-order valence-electron chi connectivity index (χ4n) is 2.35. The first kappa shape index (κ1) is 21.2. The van der Waals surface area contributed by atoms with Crippen molar-refractivity contribution in [3.63, 3.8) is 0 Å². The van der Waals surface area contributed by atoms with Gasteiger partial charge in [0.2, 0.25) is 0 Å². The molecule has 0 spiro atoms. The first-order valence-corrected chi connectivity index (χ1v) is 9.38. The van der Waals surface area contributed by atoms with Gasteiger partial charge >= 0.3 is 0 Å². The molecule has 0 atom stereocenters. The summed E-state index contributed by atoms with van der Waals surface area (Å²) in [5, 5.41) is 4.20. The van der Waals surface area contributed by atoms with Gasteiger partial charge in [-0.15, -0.1) is 35.3 Å². The lowest BCUT2D eigenvalue weighted by Crippen LogP contribution is -2.23. The number of hydrogen-bond donors (Lipinski definition) is 2. The maximum atomic E-state index is 5.98. The van der Waals surface area contributed by atoms with E-state index in [1.54, 1.807) is 11.3 Å². The smallest absolute Gasteiger partial charge is 0.193 e. The lowest BCUT2D eigenvalue weighted by atomic mass is 10.3. The standard InChI is InChI=1S/C20H22N4OS.HI/c1-2-18-14-23-19(26-18)11-12-22-20(21)24-15-7-6-10-17(13-15)25-16-8-4-3-5-9-16;/h3-10,13-14H,2,11-12H2,1H3,(H3,21,22,24);1H. The van der Waals surface area contributed by atoms with Gasteiger partial charge in [-0.25, -0.2) is 4.98 Å². The molecule has 0 fully saturated rings. The van der Waals surface area contributed by atoms with Crippen LogP contribution in [0, 0.1) is 0 Å². The van der Waals surface area contributed by atoms with Crippen molar-refractivity contribution in [3.8, 4) is 11.5 Å². The average molecular weight is 494 g/mol. The summed E-state index contributed by atoms with van der Waals surface area (Å²) < 4.78 is 5.82.